The second kappa shape index (κ2) is 24.3. The molecule has 3 N–H and O–H groups in total. The van der Waals surface area contributed by atoms with Crippen molar-refractivity contribution in [3.05, 3.63) is 92.6 Å². The van der Waals surface area contributed by atoms with E-state index < -0.39 is 77.1 Å². The number of nitrogens with zero attached hydrogens (tertiary/aromatic N) is 1. The number of methoxy groups -OCH3 is 2. The van der Waals surface area contributed by atoms with Crippen LogP contribution >= 0.6 is 23.2 Å². The molecule has 2 aliphatic rings. The smallest absolute Gasteiger partial charge is 0.347 e. The molecule has 0 radical (unpaired) electrons. The minimum atomic E-state index is -2.22. The van der Waals surface area contributed by atoms with Crippen molar-refractivity contribution >= 4 is 41.0 Å². The number of allylic oxidation sites excluding steroid dienone is 2. The predicted octanol–water partition coefficient (Wildman–Crippen LogP) is 5.62. The highest BCUT2D eigenvalue weighted by molar-refractivity contribution is 6.31. The van der Waals surface area contributed by atoms with E-state index in [0.717, 1.165) is 13.2 Å². The summed E-state index contributed by atoms with van der Waals surface area (Å²) in [5, 5.41) is 26.7. The lowest BCUT2D eigenvalue weighted by Crippen LogP contribution is -2.54. The molecule has 0 aromatic heterocycles. The van der Waals surface area contributed by atoms with Crippen LogP contribution in [0.15, 0.2) is 59.8 Å². The van der Waals surface area contributed by atoms with Gasteiger partial charge in [0.15, 0.2) is 6.79 Å². The van der Waals surface area contributed by atoms with Crippen molar-refractivity contribution in [1.82, 2.24) is 10.6 Å². The van der Waals surface area contributed by atoms with Crippen LogP contribution in [0, 0.1) is 28.4 Å². The van der Waals surface area contributed by atoms with Crippen molar-refractivity contribution in [2.75, 3.05) is 87.1 Å². The molecule has 4 rings (SSSR count). The van der Waals surface area contributed by atoms with Gasteiger partial charge in [-0.25, -0.2) is 18.4 Å². The Morgan fingerprint density at radius 3 is 2.05 bits per heavy atom. The largest absolute Gasteiger partial charge is 0.478 e. The average molecular weight is 927 g/mol. The third kappa shape index (κ3) is 13.3. The molecule has 0 spiro atoms. The summed E-state index contributed by atoms with van der Waals surface area (Å²) in [7, 11) is 2.73. The third-order valence-electron chi connectivity index (χ3n) is 10.5. The highest BCUT2D eigenvalue weighted by Gasteiger charge is 2.61. The first kappa shape index (κ1) is 51.6. The average Bonchev–Trinajstić information content (AvgIpc) is 3.55. The van der Waals surface area contributed by atoms with Crippen molar-refractivity contribution in [3.8, 4) is 6.07 Å². The molecule has 2 aromatic rings. The Morgan fingerprint density at radius 2 is 1.51 bits per heavy atom. The van der Waals surface area contributed by atoms with Gasteiger partial charge in [0.25, 0.3) is 0 Å². The molecule has 63 heavy (non-hydrogen) atoms. The fourth-order valence-corrected chi connectivity index (χ4v) is 7.88. The highest BCUT2D eigenvalue weighted by Crippen LogP contribution is 2.53. The van der Waals surface area contributed by atoms with E-state index in [-0.39, 0.29) is 58.7 Å². The van der Waals surface area contributed by atoms with E-state index in [9.17, 15) is 24.8 Å². The monoisotopic (exact) mass is 925 g/mol. The third-order valence-corrected chi connectivity index (χ3v) is 11.0. The first-order valence-corrected chi connectivity index (χ1v) is 20.9. The van der Waals surface area contributed by atoms with Crippen LogP contribution in [0.2, 0.25) is 10.0 Å². The maximum Gasteiger partial charge on any atom is 0.347 e. The summed E-state index contributed by atoms with van der Waals surface area (Å²) < 4.78 is 75.4. The minimum absolute atomic E-state index is 0.0124. The summed E-state index contributed by atoms with van der Waals surface area (Å²) in [4.78, 5) is 40.8. The number of carbonyl (C=O) groups excluding carboxylic acids is 2. The van der Waals surface area contributed by atoms with Gasteiger partial charge in [-0.1, -0.05) is 62.2 Å². The number of rotatable bonds is 25. The second-order valence-electron chi connectivity index (χ2n) is 15.9. The number of halogens is 4. The van der Waals surface area contributed by atoms with Crippen LogP contribution in [0.4, 0.5) is 8.78 Å². The van der Waals surface area contributed by atoms with E-state index >= 15 is 8.78 Å². The van der Waals surface area contributed by atoms with Crippen LogP contribution in [-0.2, 0) is 57.7 Å². The Morgan fingerprint density at radius 1 is 0.905 bits per heavy atom. The minimum Gasteiger partial charge on any atom is -0.478 e. The normalized spacial score (nSPS) is 22.3. The van der Waals surface area contributed by atoms with Gasteiger partial charge in [0.2, 0.25) is 11.5 Å². The standard InChI is InChI=1S/C44H55Cl2F2N3O12/c1-42(2,3)25-35-43(26-49,31-11-10-29(45)23-33(31)47)36(30-7-6-8-32(46)37(30)48)38(50-35)39(52)51-34-12-9-28(40(53)54)24-44(34,57-5)41(55)63-27-62-22-21-61-20-19-60-18-17-59-16-15-58-14-13-56-4/h6-12,23,35-36,38,50H,13-22,24-25,27H2,1-5H3,(H,51,52)(H,53,54)/t35-,36-,38+,43-,44?/m0/s1. The lowest BCUT2D eigenvalue weighted by molar-refractivity contribution is -0.178. The maximum atomic E-state index is 16.2. The summed E-state index contributed by atoms with van der Waals surface area (Å²) in [5.74, 6) is -6.55. The van der Waals surface area contributed by atoms with Crippen LogP contribution < -0.4 is 10.6 Å². The molecule has 1 heterocycles. The molecular formula is C44H55Cl2F2N3O12. The van der Waals surface area contributed by atoms with Gasteiger partial charge < -0.3 is 53.6 Å². The van der Waals surface area contributed by atoms with E-state index in [1.54, 1.807) is 7.11 Å². The second-order valence-corrected chi connectivity index (χ2v) is 16.7. The van der Waals surface area contributed by atoms with Crippen molar-refractivity contribution in [1.29, 1.82) is 5.26 Å². The lowest BCUT2D eigenvalue weighted by atomic mass is 9.62. The van der Waals surface area contributed by atoms with Crippen molar-refractivity contribution in [2.24, 2.45) is 5.41 Å². The summed E-state index contributed by atoms with van der Waals surface area (Å²) in [6.45, 7) is 8.46. The molecule has 5 atom stereocenters. The molecule has 0 bridgehead atoms. The van der Waals surface area contributed by atoms with E-state index in [2.05, 4.69) is 16.7 Å². The van der Waals surface area contributed by atoms with Gasteiger partial charge in [-0.15, -0.1) is 0 Å². The maximum absolute atomic E-state index is 16.2. The van der Waals surface area contributed by atoms with Gasteiger partial charge in [0.1, 0.15) is 17.0 Å². The van der Waals surface area contributed by atoms with Crippen LogP contribution in [0.1, 0.15) is 50.7 Å². The first-order valence-electron chi connectivity index (χ1n) is 20.2. The van der Waals surface area contributed by atoms with E-state index in [4.69, 9.17) is 61.1 Å². The molecule has 19 heteroatoms. The number of nitriles is 1. The number of carboxylic acid groups (broad SMARTS) is 1. The molecule has 1 fully saturated rings. The van der Waals surface area contributed by atoms with Crippen LogP contribution in [0.5, 0.6) is 0 Å². The number of esters is 1. The number of carboxylic acids is 1. The summed E-state index contributed by atoms with van der Waals surface area (Å²) >= 11 is 12.4. The number of hydrogen-bond acceptors (Lipinski definition) is 13. The zero-order valence-corrected chi connectivity index (χ0v) is 37.5. The van der Waals surface area contributed by atoms with Gasteiger partial charge in [0, 0.05) is 48.8 Å². The van der Waals surface area contributed by atoms with Crippen molar-refractivity contribution in [2.45, 2.75) is 62.6 Å². The van der Waals surface area contributed by atoms with Gasteiger partial charge in [0.05, 0.1) is 88.9 Å². The van der Waals surface area contributed by atoms with Crippen LogP contribution in [-0.4, -0.2) is 128 Å². The Bertz CT molecular complexity index is 1990. The number of nitrogens with one attached hydrogen (secondary N) is 2. The zero-order valence-electron chi connectivity index (χ0n) is 35.9. The van der Waals surface area contributed by atoms with Gasteiger partial charge >= 0.3 is 11.9 Å². The molecule has 2 aromatic carbocycles. The zero-order chi connectivity index (χ0) is 46.2. The number of ether oxygens (including phenoxy) is 8. The fraction of sp³-hybridized carbons (Fsp3) is 0.545. The number of hydrogen-bond donors (Lipinski definition) is 3. The molecule has 1 aliphatic heterocycles. The van der Waals surface area contributed by atoms with E-state index in [0.29, 0.717) is 46.2 Å². The Hall–Kier alpha value is -4.06. The van der Waals surface area contributed by atoms with Crippen LogP contribution in [0.25, 0.3) is 0 Å². The van der Waals surface area contributed by atoms with Crippen molar-refractivity contribution in [3.63, 3.8) is 0 Å². The Balaban J connectivity index is 1.50. The molecule has 15 nitrogen and oxygen atoms in total. The summed E-state index contributed by atoms with van der Waals surface area (Å²) in [5.41, 5.74) is -5.41. The molecule has 346 valence electrons. The number of benzene rings is 2. The highest BCUT2D eigenvalue weighted by atomic mass is 35.5. The Labute approximate surface area is 375 Å². The molecular weight excluding hydrogens is 871 g/mol. The molecule has 0 saturated carbocycles. The Kier molecular flexibility index (Phi) is 19.9. The molecule has 1 unspecified atom stereocenters. The molecule has 1 amide bonds. The SMILES string of the molecule is COCCOCCOCCOCCOCCOCOC(=O)C1(OC)CC(C(=O)O)=CC=C1NC(=O)[C@@H]1N[C@@H](CC(C)(C)C)[C@](C#N)(c2ccc(Cl)cc2F)[C@H]1c1cccc(Cl)c1F. The quantitative estimate of drug-likeness (QED) is 0.0631. The van der Waals surface area contributed by atoms with Gasteiger partial charge in [-0.3, -0.25) is 4.79 Å². The summed E-state index contributed by atoms with van der Waals surface area (Å²) in [6.07, 6.45) is 2.00. The van der Waals surface area contributed by atoms with Crippen LogP contribution in [0.3, 0.4) is 0 Å². The van der Waals surface area contributed by atoms with Gasteiger partial charge in [-0.05, 0) is 47.8 Å². The molecule has 1 aliphatic carbocycles. The van der Waals surface area contributed by atoms with E-state index in [1.807, 2.05) is 20.8 Å². The number of aliphatic carboxylic acids is 1. The lowest BCUT2D eigenvalue weighted by Gasteiger charge is -2.38. The topological polar surface area (TPSA) is 193 Å². The number of amides is 1. The van der Waals surface area contributed by atoms with Crippen molar-refractivity contribution < 1.29 is 66.2 Å². The molecule has 1 saturated heterocycles. The number of carbonyl (C=O) groups is 3. The first-order chi connectivity index (χ1) is 30.1. The fourth-order valence-electron chi connectivity index (χ4n) is 7.54. The van der Waals surface area contributed by atoms with Gasteiger partial charge in [-0.2, -0.15) is 5.26 Å². The predicted molar refractivity (Wildman–Crippen MR) is 226 cm³/mol. The summed E-state index contributed by atoms with van der Waals surface area (Å²) in [6, 6.07) is 7.73. The van der Waals surface area contributed by atoms with E-state index in [1.165, 1.54) is 42.5 Å².